The minimum atomic E-state index is -0.234. The molecular formula is C21H33FN4O2. The van der Waals surface area contributed by atoms with Crippen LogP contribution in [0.4, 0.5) is 4.39 Å². The van der Waals surface area contributed by atoms with Gasteiger partial charge in [0.25, 0.3) is 0 Å². The Kier molecular flexibility index (Phi) is 8.70. The molecule has 1 saturated heterocycles. The third-order valence-electron chi connectivity index (χ3n) is 5.04. The van der Waals surface area contributed by atoms with E-state index in [4.69, 9.17) is 9.73 Å². The average molecular weight is 393 g/mol. The molecule has 0 saturated carbocycles. The molecule has 1 unspecified atom stereocenters. The predicted octanol–water partition coefficient (Wildman–Crippen LogP) is 2.67. The summed E-state index contributed by atoms with van der Waals surface area (Å²) in [4.78, 5) is 21.1. The van der Waals surface area contributed by atoms with Crippen molar-refractivity contribution in [3.63, 3.8) is 0 Å². The molecule has 1 aliphatic rings. The number of hydrogen-bond donors (Lipinski definition) is 1. The summed E-state index contributed by atoms with van der Waals surface area (Å²) < 4.78 is 18.4. The summed E-state index contributed by atoms with van der Waals surface area (Å²) in [6.45, 7) is 7.21. The molecule has 28 heavy (non-hydrogen) atoms. The maximum Gasteiger partial charge on any atom is 0.309 e. The van der Waals surface area contributed by atoms with Gasteiger partial charge in [0, 0.05) is 19.6 Å². The van der Waals surface area contributed by atoms with Crippen LogP contribution < -0.4 is 5.32 Å². The maximum atomic E-state index is 13.3. The Bertz CT molecular complexity index is 640. The van der Waals surface area contributed by atoms with Gasteiger partial charge >= 0.3 is 5.97 Å². The van der Waals surface area contributed by atoms with Crippen molar-refractivity contribution < 1.29 is 13.9 Å². The van der Waals surface area contributed by atoms with Crippen molar-refractivity contribution in [3.8, 4) is 0 Å². The van der Waals surface area contributed by atoms with E-state index >= 15 is 0 Å². The SMILES string of the molecule is CCNC(=NCC(c1ccc(F)cc1)N(C)C)N1CCC(C(=O)OCC)CC1. The van der Waals surface area contributed by atoms with Crippen LogP contribution in [0.3, 0.4) is 0 Å². The molecule has 0 radical (unpaired) electrons. The minimum absolute atomic E-state index is 0.0205. The molecule has 1 aromatic carbocycles. The Balaban J connectivity index is 2.04. The Hall–Kier alpha value is -2.15. The van der Waals surface area contributed by atoms with Crippen LogP contribution in [0.15, 0.2) is 29.3 Å². The van der Waals surface area contributed by atoms with E-state index in [1.165, 1.54) is 12.1 Å². The number of nitrogens with one attached hydrogen (secondary N) is 1. The lowest BCUT2D eigenvalue weighted by Crippen LogP contribution is -2.47. The number of nitrogens with zero attached hydrogens (tertiary/aromatic N) is 3. The zero-order valence-corrected chi connectivity index (χ0v) is 17.4. The molecule has 156 valence electrons. The Labute approximate surface area is 167 Å². The van der Waals surface area contributed by atoms with Crippen LogP contribution in [-0.4, -0.2) is 68.6 Å². The zero-order chi connectivity index (χ0) is 20.5. The van der Waals surface area contributed by atoms with E-state index in [1.54, 1.807) is 0 Å². The number of aliphatic imine (C=N–C) groups is 1. The molecule has 6 nitrogen and oxygen atoms in total. The first kappa shape index (κ1) is 22.1. The molecule has 1 aromatic rings. The quantitative estimate of drug-likeness (QED) is 0.439. The monoisotopic (exact) mass is 392 g/mol. The summed E-state index contributed by atoms with van der Waals surface area (Å²) in [6, 6.07) is 6.66. The number of carbonyl (C=O) groups excluding carboxylic acids is 1. The van der Waals surface area contributed by atoms with E-state index in [0.717, 1.165) is 44.0 Å². The second-order valence-corrected chi connectivity index (χ2v) is 7.24. The van der Waals surface area contributed by atoms with Crippen molar-refractivity contribution in [1.82, 2.24) is 15.1 Å². The van der Waals surface area contributed by atoms with Crippen molar-refractivity contribution in [3.05, 3.63) is 35.6 Å². The van der Waals surface area contributed by atoms with E-state index in [9.17, 15) is 9.18 Å². The smallest absolute Gasteiger partial charge is 0.309 e. The topological polar surface area (TPSA) is 57.2 Å². The largest absolute Gasteiger partial charge is 0.466 e. The van der Waals surface area contributed by atoms with Crippen molar-refractivity contribution in [2.45, 2.75) is 32.7 Å². The lowest BCUT2D eigenvalue weighted by atomic mass is 9.97. The second kappa shape index (κ2) is 11.0. The van der Waals surface area contributed by atoms with Gasteiger partial charge in [-0.2, -0.15) is 0 Å². The van der Waals surface area contributed by atoms with Crippen LogP contribution in [-0.2, 0) is 9.53 Å². The maximum absolute atomic E-state index is 13.3. The van der Waals surface area contributed by atoms with Crippen LogP contribution in [0.5, 0.6) is 0 Å². The Morgan fingerprint density at radius 3 is 2.46 bits per heavy atom. The zero-order valence-electron chi connectivity index (χ0n) is 17.4. The van der Waals surface area contributed by atoms with E-state index in [-0.39, 0.29) is 23.7 Å². The summed E-state index contributed by atoms with van der Waals surface area (Å²) in [5.41, 5.74) is 1.03. The molecule has 1 N–H and O–H groups in total. The standard InChI is InChI=1S/C21H33FN4O2/c1-5-23-21(26-13-11-17(12-14-26)20(27)28-6-2)24-15-19(25(3)4)16-7-9-18(22)10-8-16/h7-10,17,19H,5-6,11-15H2,1-4H3,(H,23,24). The number of likely N-dealkylation sites (tertiary alicyclic amines) is 1. The van der Waals surface area contributed by atoms with E-state index < -0.39 is 0 Å². The number of halogens is 1. The Morgan fingerprint density at radius 1 is 1.29 bits per heavy atom. The van der Waals surface area contributed by atoms with Crippen molar-refractivity contribution >= 4 is 11.9 Å². The number of esters is 1. The van der Waals surface area contributed by atoms with Crippen LogP contribution in [0.1, 0.15) is 38.3 Å². The van der Waals surface area contributed by atoms with Gasteiger partial charge in [0.15, 0.2) is 5.96 Å². The van der Waals surface area contributed by atoms with Gasteiger partial charge in [-0.3, -0.25) is 9.79 Å². The first-order valence-corrected chi connectivity index (χ1v) is 10.1. The summed E-state index contributed by atoms with van der Waals surface area (Å²) >= 11 is 0. The number of ether oxygens (including phenoxy) is 1. The number of hydrogen-bond acceptors (Lipinski definition) is 4. The number of carbonyl (C=O) groups is 1. The number of rotatable bonds is 7. The van der Waals surface area contributed by atoms with Crippen LogP contribution in [0.25, 0.3) is 0 Å². The van der Waals surface area contributed by atoms with Crippen molar-refractivity contribution in [1.29, 1.82) is 0 Å². The highest BCUT2D eigenvalue weighted by Crippen LogP contribution is 2.21. The molecular weight excluding hydrogens is 359 g/mol. The van der Waals surface area contributed by atoms with E-state index in [0.29, 0.717) is 13.2 Å². The molecule has 0 aromatic heterocycles. The summed E-state index contributed by atoms with van der Waals surface area (Å²) in [5, 5.41) is 3.36. The van der Waals surface area contributed by atoms with Crippen LogP contribution >= 0.6 is 0 Å². The van der Waals surface area contributed by atoms with Crippen molar-refractivity contribution in [2.75, 3.05) is 46.9 Å². The van der Waals surface area contributed by atoms with E-state index in [1.807, 2.05) is 40.1 Å². The molecule has 0 amide bonds. The second-order valence-electron chi connectivity index (χ2n) is 7.24. The number of benzene rings is 1. The minimum Gasteiger partial charge on any atom is -0.466 e. The fraction of sp³-hybridized carbons (Fsp3) is 0.619. The number of likely N-dealkylation sites (N-methyl/N-ethyl adjacent to an activating group) is 1. The summed E-state index contributed by atoms with van der Waals surface area (Å²) in [7, 11) is 4.00. The van der Waals surface area contributed by atoms with Gasteiger partial charge in [0.05, 0.1) is 25.1 Å². The van der Waals surface area contributed by atoms with Crippen molar-refractivity contribution in [2.24, 2.45) is 10.9 Å². The average Bonchev–Trinajstić information content (AvgIpc) is 2.69. The fourth-order valence-corrected chi connectivity index (χ4v) is 3.44. The van der Waals surface area contributed by atoms with Gasteiger partial charge in [0.2, 0.25) is 0 Å². The first-order valence-electron chi connectivity index (χ1n) is 10.1. The molecule has 2 rings (SSSR count). The lowest BCUT2D eigenvalue weighted by molar-refractivity contribution is -0.149. The van der Waals surface area contributed by atoms with Gasteiger partial charge in [-0.05, 0) is 58.5 Å². The van der Waals surface area contributed by atoms with Gasteiger partial charge in [-0.15, -0.1) is 0 Å². The normalized spacial score (nSPS) is 16.9. The number of guanidine groups is 1. The van der Waals surface area contributed by atoms with Crippen LogP contribution in [0.2, 0.25) is 0 Å². The fourth-order valence-electron chi connectivity index (χ4n) is 3.44. The Morgan fingerprint density at radius 2 is 1.93 bits per heavy atom. The summed E-state index contributed by atoms with van der Waals surface area (Å²) in [5.74, 6) is 0.516. The molecule has 7 heteroatoms. The summed E-state index contributed by atoms with van der Waals surface area (Å²) in [6.07, 6.45) is 1.55. The van der Waals surface area contributed by atoms with E-state index in [2.05, 4.69) is 15.1 Å². The highest BCUT2D eigenvalue weighted by molar-refractivity contribution is 5.80. The first-order chi connectivity index (χ1) is 13.5. The van der Waals surface area contributed by atoms with Crippen LogP contribution in [0, 0.1) is 11.7 Å². The molecule has 0 bridgehead atoms. The van der Waals surface area contributed by atoms with Gasteiger partial charge in [0.1, 0.15) is 5.82 Å². The van der Waals surface area contributed by atoms with Gasteiger partial charge < -0.3 is 19.9 Å². The van der Waals surface area contributed by atoms with Gasteiger partial charge in [-0.25, -0.2) is 4.39 Å². The molecule has 0 aliphatic carbocycles. The third kappa shape index (κ3) is 6.19. The molecule has 0 spiro atoms. The van der Waals surface area contributed by atoms with Gasteiger partial charge in [-0.1, -0.05) is 12.1 Å². The third-order valence-corrected chi connectivity index (χ3v) is 5.04. The lowest BCUT2D eigenvalue weighted by Gasteiger charge is -2.34. The highest BCUT2D eigenvalue weighted by atomic mass is 19.1. The molecule has 1 heterocycles. The number of piperidine rings is 1. The molecule has 1 fully saturated rings. The molecule has 1 atom stereocenters. The predicted molar refractivity (Wildman–Crippen MR) is 110 cm³/mol. The molecule has 1 aliphatic heterocycles. The highest BCUT2D eigenvalue weighted by Gasteiger charge is 2.27.